The van der Waals surface area contributed by atoms with Gasteiger partial charge in [0.2, 0.25) is 0 Å². The van der Waals surface area contributed by atoms with Crippen molar-refractivity contribution in [2.45, 2.75) is 13.0 Å². The maximum atomic E-state index is 11.8. The average Bonchev–Trinajstić information content (AvgIpc) is 2.93. The zero-order chi connectivity index (χ0) is 14.4. The SMILES string of the molecule is COC(CNC(=O)Nc1cccc(C)c1)c1ccco1. The number of hydrogen-bond donors (Lipinski definition) is 2. The Morgan fingerprint density at radius 3 is 2.85 bits per heavy atom. The third-order valence-corrected chi connectivity index (χ3v) is 2.87. The summed E-state index contributed by atoms with van der Waals surface area (Å²) >= 11 is 0. The van der Waals surface area contributed by atoms with Crippen LogP contribution in [-0.2, 0) is 4.74 Å². The fourth-order valence-corrected chi connectivity index (χ4v) is 1.86. The van der Waals surface area contributed by atoms with Gasteiger partial charge in [0.25, 0.3) is 0 Å². The molecule has 20 heavy (non-hydrogen) atoms. The van der Waals surface area contributed by atoms with Gasteiger partial charge in [-0.1, -0.05) is 12.1 Å². The van der Waals surface area contributed by atoms with Gasteiger partial charge in [-0.25, -0.2) is 4.79 Å². The van der Waals surface area contributed by atoms with Crippen LogP contribution in [0.5, 0.6) is 0 Å². The third-order valence-electron chi connectivity index (χ3n) is 2.87. The Hall–Kier alpha value is -2.27. The molecule has 2 aromatic rings. The lowest BCUT2D eigenvalue weighted by Crippen LogP contribution is -2.32. The van der Waals surface area contributed by atoms with Gasteiger partial charge in [0, 0.05) is 12.8 Å². The second kappa shape index (κ2) is 6.77. The molecule has 2 rings (SSSR count). The molecule has 1 unspecified atom stereocenters. The number of carbonyl (C=O) groups excluding carboxylic acids is 1. The van der Waals surface area contributed by atoms with Crippen LogP contribution in [0.25, 0.3) is 0 Å². The fourth-order valence-electron chi connectivity index (χ4n) is 1.86. The Labute approximate surface area is 117 Å². The van der Waals surface area contributed by atoms with Crippen molar-refractivity contribution >= 4 is 11.7 Å². The summed E-state index contributed by atoms with van der Waals surface area (Å²) in [7, 11) is 1.58. The highest BCUT2D eigenvalue weighted by Gasteiger charge is 2.14. The molecule has 0 bridgehead atoms. The molecule has 0 aliphatic rings. The number of amides is 2. The molecule has 1 atom stereocenters. The number of benzene rings is 1. The highest BCUT2D eigenvalue weighted by Crippen LogP contribution is 2.16. The summed E-state index contributed by atoms with van der Waals surface area (Å²) in [6.45, 7) is 2.31. The average molecular weight is 274 g/mol. The summed E-state index contributed by atoms with van der Waals surface area (Å²) in [6.07, 6.45) is 1.28. The molecule has 0 aliphatic carbocycles. The normalized spacial score (nSPS) is 11.9. The molecular formula is C15H18N2O3. The van der Waals surface area contributed by atoms with Gasteiger partial charge >= 0.3 is 6.03 Å². The van der Waals surface area contributed by atoms with Gasteiger partial charge in [-0.05, 0) is 36.8 Å². The lowest BCUT2D eigenvalue weighted by Gasteiger charge is -2.14. The van der Waals surface area contributed by atoms with E-state index in [4.69, 9.17) is 9.15 Å². The van der Waals surface area contributed by atoms with Gasteiger partial charge in [0.05, 0.1) is 12.8 Å². The first-order valence-corrected chi connectivity index (χ1v) is 6.37. The molecule has 1 aromatic carbocycles. The molecule has 5 heteroatoms. The van der Waals surface area contributed by atoms with Gasteiger partial charge < -0.3 is 19.8 Å². The van der Waals surface area contributed by atoms with Crippen LogP contribution in [0.4, 0.5) is 10.5 Å². The van der Waals surface area contributed by atoms with E-state index in [1.54, 1.807) is 19.4 Å². The number of urea groups is 1. The van der Waals surface area contributed by atoms with E-state index in [9.17, 15) is 4.79 Å². The highest BCUT2D eigenvalue weighted by atomic mass is 16.5. The lowest BCUT2D eigenvalue weighted by atomic mass is 10.2. The Morgan fingerprint density at radius 2 is 2.20 bits per heavy atom. The number of carbonyl (C=O) groups is 1. The first kappa shape index (κ1) is 14.1. The van der Waals surface area contributed by atoms with Crippen LogP contribution in [0.2, 0.25) is 0 Å². The number of rotatable bonds is 5. The second-order valence-corrected chi connectivity index (χ2v) is 4.44. The quantitative estimate of drug-likeness (QED) is 0.880. The molecule has 106 valence electrons. The van der Waals surface area contributed by atoms with E-state index in [0.717, 1.165) is 11.3 Å². The molecule has 0 spiro atoms. The van der Waals surface area contributed by atoms with Crippen molar-refractivity contribution in [3.63, 3.8) is 0 Å². The predicted molar refractivity (Wildman–Crippen MR) is 76.7 cm³/mol. The van der Waals surface area contributed by atoms with Gasteiger partial charge in [0.1, 0.15) is 11.9 Å². The predicted octanol–water partition coefficient (Wildman–Crippen LogP) is 3.10. The monoisotopic (exact) mass is 274 g/mol. The van der Waals surface area contributed by atoms with E-state index in [2.05, 4.69) is 10.6 Å². The fraction of sp³-hybridized carbons (Fsp3) is 0.267. The minimum absolute atomic E-state index is 0.274. The van der Waals surface area contributed by atoms with Crippen molar-refractivity contribution in [3.8, 4) is 0 Å². The lowest BCUT2D eigenvalue weighted by molar-refractivity contribution is 0.0855. The third kappa shape index (κ3) is 3.86. The summed E-state index contributed by atoms with van der Waals surface area (Å²) in [6, 6.07) is 10.9. The molecule has 0 saturated carbocycles. The number of hydrogen-bond acceptors (Lipinski definition) is 3. The number of anilines is 1. The van der Waals surface area contributed by atoms with Gasteiger partial charge in [0.15, 0.2) is 0 Å². The minimum atomic E-state index is -0.298. The Kier molecular flexibility index (Phi) is 4.79. The van der Waals surface area contributed by atoms with Crippen molar-refractivity contribution in [2.24, 2.45) is 0 Å². The molecular weight excluding hydrogens is 256 g/mol. The zero-order valence-corrected chi connectivity index (χ0v) is 11.6. The van der Waals surface area contributed by atoms with Crippen LogP contribution in [0.1, 0.15) is 17.4 Å². The summed E-state index contributed by atoms with van der Waals surface area (Å²) in [5, 5.41) is 5.53. The number of furan rings is 1. The standard InChI is InChI=1S/C15H18N2O3/c1-11-5-3-6-12(9-11)17-15(18)16-10-14(19-2)13-7-4-8-20-13/h3-9,14H,10H2,1-2H3,(H2,16,17,18). The van der Waals surface area contributed by atoms with Crippen LogP contribution in [0, 0.1) is 6.92 Å². The molecule has 0 aliphatic heterocycles. The molecule has 1 aromatic heterocycles. The van der Waals surface area contributed by atoms with E-state index in [1.807, 2.05) is 37.3 Å². The van der Waals surface area contributed by atoms with E-state index < -0.39 is 0 Å². The first-order chi connectivity index (χ1) is 9.69. The van der Waals surface area contributed by atoms with Gasteiger partial charge in [-0.3, -0.25) is 0 Å². The van der Waals surface area contributed by atoms with Gasteiger partial charge in [-0.15, -0.1) is 0 Å². The maximum Gasteiger partial charge on any atom is 0.319 e. The van der Waals surface area contributed by atoms with Crippen molar-refractivity contribution in [2.75, 3.05) is 19.0 Å². The number of methoxy groups -OCH3 is 1. The number of nitrogens with one attached hydrogen (secondary N) is 2. The molecule has 0 fully saturated rings. The van der Waals surface area contributed by atoms with Crippen molar-refractivity contribution in [1.29, 1.82) is 0 Å². The first-order valence-electron chi connectivity index (χ1n) is 6.37. The minimum Gasteiger partial charge on any atom is -0.467 e. The number of ether oxygens (including phenoxy) is 1. The van der Waals surface area contributed by atoms with Crippen molar-refractivity contribution in [3.05, 3.63) is 54.0 Å². The second-order valence-electron chi connectivity index (χ2n) is 4.44. The van der Waals surface area contributed by atoms with Crippen molar-refractivity contribution in [1.82, 2.24) is 5.32 Å². The van der Waals surface area contributed by atoms with E-state index in [0.29, 0.717) is 12.3 Å². The molecule has 0 radical (unpaired) electrons. The molecule has 1 heterocycles. The van der Waals surface area contributed by atoms with Crippen LogP contribution < -0.4 is 10.6 Å². The smallest absolute Gasteiger partial charge is 0.319 e. The Morgan fingerprint density at radius 1 is 1.35 bits per heavy atom. The summed E-state index contributed by atoms with van der Waals surface area (Å²) in [5.41, 5.74) is 1.85. The summed E-state index contributed by atoms with van der Waals surface area (Å²) < 4.78 is 10.5. The molecule has 2 N–H and O–H groups in total. The maximum absolute atomic E-state index is 11.8. The summed E-state index contributed by atoms with van der Waals surface area (Å²) in [4.78, 5) is 11.8. The largest absolute Gasteiger partial charge is 0.467 e. The van der Waals surface area contributed by atoms with Crippen LogP contribution in [0.15, 0.2) is 47.1 Å². The highest BCUT2D eigenvalue weighted by molar-refractivity contribution is 5.89. The zero-order valence-electron chi connectivity index (χ0n) is 11.6. The van der Waals surface area contributed by atoms with Crippen molar-refractivity contribution < 1.29 is 13.9 Å². The topological polar surface area (TPSA) is 63.5 Å². The molecule has 5 nitrogen and oxygen atoms in total. The van der Waals surface area contributed by atoms with E-state index in [1.165, 1.54) is 0 Å². The van der Waals surface area contributed by atoms with Crippen LogP contribution in [-0.4, -0.2) is 19.7 Å². The number of aryl methyl sites for hydroxylation is 1. The van der Waals surface area contributed by atoms with Gasteiger partial charge in [-0.2, -0.15) is 0 Å². The Bertz CT molecular complexity index is 552. The van der Waals surface area contributed by atoms with Crippen LogP contribution in [0.3, 0.4) is 0 Å². The van der Waals surface area contributed by atoms with Crippen LogP contribution >= 0.6 is 0 Å². The van der Waals surface area contributed by atoms with E-state index >= 15 is 0 Å². The Balaban J connectivity index is 1.85. The molecule has 0 saturated heterocycles. The van der Waals surface area contributed by atoms with E-state index in [-0.39, 0.29) is 12.1 Å². The summed E-state index contributed by atoms with van der Waals surface area (Å²) in [5.74, 6) is 0.684. The molecule has 2 amide bonds.